The molecule has 10 nitrogen and oxygen atoms in total. The third-order valence-corrected chi connectivity index (χ3v) is 5.61. The molecule has 0 saturated heterocycles. The maximum Gasteiger partial charge on any atom is 0.333 e. The van der Waals surface area contributed by atoms with Crippen LogP contribution in [0.25, 0.3) is 11.2 Å². The summed E-state index contributed by atoms with van der Waals surface area (Å²) in [4.78, 5) is 55.8. The molecule has 35 heavy (non-hydrogen) atoms. The van der Waals surface area contributed by atoms with Crippen LogP contribution in [-0.4, -0.2) is 30.5 Å². The summed E-state index contributed by atoms with van der Waals surface area (Å²) in [5.74, 6) is -1.21. The van der Waals surface area contributed by atoms with Crippen molar-refractivity contribution in [2.75, 3.05) is 0 Å². The standard InChI is InChI=1S/C25H26N6O4/c1-4-29-15-26-22-21(29)24(34)31(25(35)30(22)13-18-8-6-5-7-9-18)14-20(32)27-28-23(33)19-11-16(2)10-17(3)12-19/h5-12,15H,4,13-14H2,1-3H3,(H,27,32)(H,28,33). The van der Waals surface area contributed by atoms with Crippen molar-refractivity contribution in [3.8, 4) is 0 Å². The number of benzene rings is 2. The fourth-order valence-electron chi connectivity index (χ4n) is 4.01. The molecule has 10 heteroatoms. The number of hydrazine groups is 1. The van der Waals surface area contributed by atoms with Gasteiger partial charge in [0.15, 0.2) is 11.2 Å². The van der Waals surface area contributed by atoms with Crippen LogP contribution in [0.2, 0.25) is 0 Å². The molecule has 2 aromatic carbocycles. The Hall–Kier alpha value is -4.47. The summed E-state index contributed by atoms with van der Waals surface area (Å²) in [7, 11) is 0. The summed E-state index contributed by atoms with van der Waals surface area (Å²) in [6.45, 7) is 5.67. The van der Waals surface area contributed by atoms with Gasteiger partial charge < -0.3 is 4.57 Å². The first-order valence-electron chi connectivity index (χ1n) is 11.2. The van der Waals surface area contributed by atoms with Gasteiger partial charge in [-0.2, -0.15) is 0 Å². The zero-order valence-electron chi connectivity index (χ0n) is 19.7. The van der Waals surface area contributed by atoms with E-state index in [9.17, 15) is 19.2 Å². The van der Waals surface area contributed by atoms with Crippen LogP contribution in [0, 0.1) is 13.8 Å². The normalized spacial score (nSPS) is 10.9. The van der Waals surface area contributed by atoms with Crippen LogP contribution < -0.4 is 22.1 Å². The fourth-order valence-corrected chi connectivity index (χ4v) is 4.01. The Kier molecular flexibility index (Phi) is 6.63. The van der Waals surface area contributed by atoms with Crippen LogP contribution in [-0.2, 0) is 24.4 Å². The van der Waals surface area contributed by atoms with E-state index in [4.69, 9.17) is 0 Å². The van der Waals surface area contributed by atoms with E-state index in [1.807, 2.05) is 57.2 Å². The number of amides is 2. The van der Waals surface area contributed by atoms with Gasteiger partial charge in [0.1, 0.15) is 6.54 Å². The number of rotatable bonds is 6. The van der Waals surface area contributed by atoms with Gasteiger partial charge in [-0.15, -0.1) is 0 Å². The lowest BCUT2D eigenvalue weighted by atomic mass is 10.1. The molecular weight excluding hydrogens is 448 g/mol. The van der Waals surface area contributed by atoms with Gasteiger partial charge in [0.05, 0.1) is 12.9 Å². The molecule has 0 bridgehead atoms. The third-order valence-electron chi connectivity index (χ3n) is 5.61. The van der Waals surface area contributed by atoms with Gasteiger partial charge in [-0.05, 0) is 38.5 Å². The van der Waals surface area contributed by atoms with Gasteiger partial charge in [-0.25, -0.2) is 14.3 Å². The number of imidazole rings is 1. The molecule has 2 amide bonds. The summed E-state index contributed by atoms with van der Waals surface area (Å²) < 4.78 is 3.87. The minimum absolute atomic E-state index is 0.183. The summed E-state index contributed by atoms with van der Waals surface area (Å²) in [6, 6.07) is 14.6. The number of fused-ring (bicyclic) bond motifs is 1. The van der Waals surface area contributed by atoms with Gasteiger partial charge in [-0.3, -0.25) is 29.8 Å². The first-order chi connectivity index (χ1) is 16.8. The molecular formula is C25H26N6O4. The molecule has 0 unspecified atom stereocenters. The molecule has 4 rings (SSSR count). The number of carbonyl (C=O) groups excluding carboxylic acids is 2. The first kappa shape index (κ1) is 23.7. The highest BCUT2D eigenvalue weighted by Gasteiger charge is 2.20. The number of hydrogen-bond acceptors (Lipinski definition) is 5. The van der Waals surface area contributed by atoms with E-state index in [0.29, 0.717) is 12.1 Å². The quantitative estimate of drug-likeness (QED) is 0.411. The Labute approximate surface area is 200 Å². The summed E-state index contributed by atoms with van der Waals surface area (Å²) in [5, 5.41) is 0. The van der Waals surface area contributed by atoms with Crippen molar-refractivity contribution in [1.82, 2.24) is 29.5 Å². The molecule has 0 saturated carbocycles. The van der Waals surface area contributed by atoms with Crippen molar-refractivity contribution < 1.29 is 9.59 Å². The number of aryl methyl sites for hydroxylation is 3. The number of hydrogen-bond donors (Lipinski definition) is 2. The fraction of sp³-hybridized carbons (Fsp3) is 0.240. The smallest absolute Gasteiger partial charge is 0.325 e. The average molecular weight is 475 g/mol. The maximum absolute atomic E-state index is 13.3. The van der Waals surface area contributed by atoms with Gasteiger partial charge in [0.2, 0.25) is 0 Å². The zero-order valence-corrected chi connectivity index (χ0v) is 19.7. The second kappa shape index (κ2) is 9.80. The average Bonchev–Trinajstić information content (AvgIpc) is 3.27. The van der Waals surface area contributed by atoms with E-state index in [2.05, 4.69) is 15.8 Å². The number of nitrogens with one attached hydrogen (secondary N) is 2. The zero-order chi connectivity index (χ0) is 25.1. The second-order valence-electron chi connectivity index (χ2n) is 8.33. The molecule has 2 N–H and O–H groups in total. The van der Waals surface area contributed by atoms with E-state index in [-0.39, 0.29) is 17.7 Å². The minimum atomic E-state index is -0.713. The minimum Gasteiger partial charge on any atom is -0.325 e. The van der Waals surface area contributed by atoms with Gasteiger partial charge in [0, 0.05) is 12.1 Å². The molecule has 0 atom stereocenters. The molecule has 2 aromatic heterocycles. The monoisotopic (exact) mass is 474 g/mol. The highest BCUT2D eigenvalue weighted by Crippen LogP contribution is 2.10. The van der Waals surface area contributed by atoms with Crippen molar-refractivity contribution >= 4 is 23.0 Å². The third kappa shape index (κ3) is 4.91. The first-order valence-corrected chi connectivity index (χ1v) is 11.2. The Balaban J connectivity index is 1.63. The van der Waals surface area contributed by atoms with Crippen LogP contribution in [0.1, 0.15) is 34.0 Å². The van der Waals surface area contributed by atoms with Crippen molar-refractivity contribution in [2.45, 2.75) is 40.4 Å². The lowest BCUT2D eigenvalue weighted by molar-refractivity contribution is -0.122. The van der Waals surface area contributed by atoms with E-state index in [0.717, 1.165) is 21.3 Å². The summed E-state index contributed by atoms with van der Waals surface area (Å²) in [6.07, 6.45) is 1.50. The van der Waals surface area contributed by atoms with Crippen LogP contribution in [0.4, 0.5) is 0 Å². The predicted molar refractivity (Wildman–Crippen MR) is 131 cm³/mol. The van der Waals surface area contributed by atoms with Crippen molar-refractivity contribution in [2.24, 2.45) is 0 Å². The number of nitrogens with zero attached hydrogens (tertiary/aromatic N) is 4. The maximum atomic E-state index is 13.3. The Bertz CT molecular complexity index is 1510. The summed E-state index contributed by atoms with van der Waals surface area (Å²) >= 11 is 0. The number of carbonyl (C=O) groups is 2. The molecule has 0 aliphatic rings. The Morgan fingerprint density at radius 1 is 0.943 bits per heavy atom. The van der Waals surface area contributed by atoms with Crippen LogP contribution in [0.15, 0.2) is 64.4 Å². The van der Waals surface area contributed by atoms with Crippen molar-refractivity contribution in [3.05, 3.63) is 98.0 Å². The SMILES string of the molecule is CCn1cnc2c1c(=O)n(CC(=O)NNC(=O)c1cc(C)cc(C)c1)c(=O)n2Cc1ccccc1. The second-order valence-corrected chi connectivity index (χ2v) is 8.33. The molecule has 0 fully saturated rings. The molecule has 0 aliphatic carbocycles. The summed E-state index contributed by atoms with van der Waals surface area (Å²) in [5.41, 5.74) is 6.89. The Morgan fingerprint density at radius 2 is 1.63 bits per heavy atom. The van der Waals surface area contributed by atoms with Crippen LogP contribution >= 0.6 is 0 Å². The van der Waals surface area contributed by atoms with E-state index in [1.54, 1.807) is 16.7 Å². The topological polar surface area (TPSA) is 120 Å². The highest BCUT2D eigenvalue weighted by atomic mass is 16.2. The molecule has 0 radical (unpaired) electrons. The van der Waals surface area contributed by atoms with Gasteiger partial charge >= 0.3 is 5.69 Å². The van der Waals surface area contributed by atoms with Crippen LogP contribution in [0.3, 0.4) is 0 Å². The van der Waals surface area contributed by atoms with Crippen LogP contribution in [0.5, 0.6) is 0 Å². The van der Waals surface area contributed by atoms with E-state index < -0.39 is 29.6 Å². The van der Waals surface area contributed by atoms with E-state index in [1.165, 1.54) is 10.9 Å². The van der Waals surface area contributed by atoms with Crippen molar-refractivity contribution in [3.63, 3.8) is 0 Å². The van der Waals surface area contributed by atoms with Gasteiger partial charge in [0.25, 0.3) is 17.4 Å². The lowest BCUT2D eigenvalue weighted by Crippen LogP contribution is -2.48. The molecule has 0 spiro atoms. The highest BCUT2D eigenvalue weighted by molar-refractivity contribution is 5.95. The largest absolute Gasteiger partial charge is 0.333 e. The molecule has 0 aliphatic heterocycles. The molecule has 2 heterocycles. The predicted octanol–water partition coefficient (Wildman–Crippen LogP) is 1.51. The molecule has 180 valence electrons. The lowest BCUT2D eigenvalue weighted by Gasteiger charge is -2.13. The molecule has 4 aromatic rings. The van der Waals surface area contributed by atoms with E-state index >= 15 is 0 Å². The van der Waals surface area contributed by atoms with Crippen molar-refractivity contribution in [1.29, 1.82) is 0 Å². The van der Waals surface area contributed by atoms with Gasteiger partial charge in [-0.1, -0.05) is 47.5 Å². The number of aromatic nitrogens is 4. The Morgan fingerprint density at radius 3 is 2.29 bits per heavy atom.